The van der Waals surface area contributed by atoms with Gasteiger partial charge < -0.3 is 19.7 Å². The maximum atomic E-state index is 15.1. The lowest BCUT2D eigenvalue weighted by Crippen LogP contribution is -2.34. The molecule has 2 aliphatic heterocycles. The van der Waals surface area contributed by atoms with E-state index in [1.807, 2.05) is 38.1 Å². The summed E-state index contributed by atoms with van der Waals surface area (Å²) in [6.07, 6.45) is 1.24. The predicted molar refractivity (Wildman–Crippen MR) is 139 cm³/mol. The minimum atomic E-state index is -1.05. The lowest BCUT2D eigenvalue weighted by atomic mass is 9.77. The fourth-order valence-electron chi connectivity index (χ4n) is 5.43. The summed E-state index contributed by atoms with van der Waals surface area (Å²) in [5.41, 5.74) is 2.40. The van der Waals surface area contributed by atoms with Crippen molar-refractivity contribution in [1.29, 1.82) is 0 Å². The smallest absolute Gasteiger partial charge is 0.157 e. The Labute approximate surface area is 211 Å². The molecule has 0 aromatic heterocycles. The molecule has 2 N–H and O–H groups in total. The van der Waals surface area contributed by atoms with Gasteiger partial charge in [0.2, 0.25) is 0 Å². The standard InChI is InChI=1S/C30H32FNO4/c1-19-12-13-32(18-19)14-15-35-24-8-4-21(5-9-24)30(3)29(26-11-7-22(33)16-27(26)31)20(2)25-10-6-23(34)17-28(25)36-30/h4-11,16-17,19,33-34H,12-15,18H2,1-3H3. The minimum absolute atomic E-state index is 0.0966. The number of rotatable bonds is 6. The molecule has 188 valence electrons. The van der Waals surface area contributed by atoms with Crippen LogP contribution in [0.4, 0.5) is 4.39 Å². The number of ether oxygens (including phenoxy) is 2. The second kappa shape index (κ2) is 9.51. The molecular weight excluding hydrogens is 457 g/mol. The summed E-state index contributed by atoms with van der Waals surface area (Å²) in [5, 5.41) is 19.9. The van der Waals surface area contributed by atoms with E-state index < -0.39 is 11.4 Å². The van der Waals surface area contributed by atoms with Gasteiger partial charge >= 0.3 is 0 Å². The molecule has 2 atom stereocenters. The van der Waals surface area contributed by atoms with E-state index in [4.69, 9.17) is 9.47 Å². The number of halogens is 1. The van der Waals surface area contributed by atoms with Crippen LogP contribution in [-0.4, -0.2) is 41.4 Å². The van der Waals surface area contributed by atoms with Gasteiger partial charge in [-0.2, -0.15) is 0 Å². The van der Waals surface area contributed by atoms with Crippen LogP contribution in [0.25, 0.3) is 11.1 Å². The molecule has 3 aromatic carbocycles. The highest BCUT2D eigenvalue weighted by Crippen LogP contribution is 2.51. The van der Waals surface area contributed by atoms with Gasteiger partial charge in [0, 0.05) is 41.9 Å². The van der Waals surface area contributed by atoms with Crippen molar-refractivity contribution in [3.05, 3.63) is 83.2 Å². The summed E-state index contributed by atoms with van der Waals surface area (Å²) in [4.78, 5) is 2.43. The van der Waals surface area contributed by atoms with Crippen molar-refractivity contribution in [3.63, 3.8) is 0 Å². The Morgan fingerprint density at radius 2 is 1.72 bits per heavy atom. The number of aromatic hydroxyl groups is 2. The number of nitrogens with zero attached hydrogens (tertiary/aromatic N) is 1. The highest BCUT2D eigenvalue weighted by Gasteiger charge is 2.41. The SMILES string of the molecule is CC1=C(c2ccc(O)cc2F)C(C)(c2ccc(OCCN3CCC(C)C3)cc2)Oc2cc(O)ccc21. The Kier molecular flexibility index (Phi) is 6.39. The first-order valence-corrected chi connectivity index (χ1v) is 12.4. The summed E-state index contributed by atoms with van der Waals surface area (Å²) in [7, 11) is 0. The zero-order valence-corrected chi connectivity index (χ0v) is 20.9. The Balaban J connectivity index is 1.47. The number of benzene rings is 3. The van der Waals surface area contributed by atoms with Crippen molar-refractivity contribution < 1.29 is 24.1 Å². The largest absolute Gasteiger partial charge is 0.508 e. The Morgan fingerprint density at radius 3 is 2.39 bits per heavy atom. The molecule has 0 spiro atoms. The first-order valence-electron chi connectivity index (χ1n) is 12.4. The van der Waals surface area contributed by atoms with Gasteiger partial charge in [-0.3, -0.25) is 4.90 Å². The summed E-state index contributed by atoms with van der Waals surface area (Å²) in [6, 6.07) is 16.8. The first-order chi connectivity index (χ1) is 17.2. The molecule has 5 nitrogen and oxygen atoms in total. The Morgan fingerprint density at radius 1 is 1.03 bits per heavy atom. The third-order valence-electron chi connectivity index (χ3n) is 7.35. The maximum Gasteiger partial charge on any atom is 0.157 e. The maximum absolute atomic E-state index is 15.1. The first kappa shape index (κ1) is 24.2. The van der Waals surface area contributed by atoms with Gasteiger partial charge in [0.25, 0.3) is 0 Å². The molecule has 0 aliphatic carbocycles. The van der Waals surface area contributed by atoms with Gasteiger partial charge in [0.15, 0.2) is 5.60 Å². The normalized spacial score (nSPS) is 21.8. The molecular formula is C30H32FNO4. The summed E-state index contributed by atoms with van der Waals surface area (Å²) in [5.74, 6) is 1.47. The Hall–Kier alpha value is -3.51. The fourth-order valence-corrected chi connectivity index (χ4v) is 5.43. The van der Waals surface area contributed by atoms with Crippen LogP contribution < -0.4 is 9.47 Å². The number of hydrogen-bond donors (Lipinski definition) is 2. The fraction of sp³-hybridized carbons (Fsp3) is 0.333. The summed E-state index contributed by atoms with van der Waals surface area (Å²) in [6.45, 7) is 9.87. The van der Waals surface area contributed by atoms with Crippen LogP contribution in [0.1, 0.15) is 43.9 Å². The van der Waals surface area contributed by atoms with E-state index in [-0.39, 0.29) is 11.5 Å². The van der Waals surface area contributed by atoms with Crippen LogP contribution in [0.3, 0.4) is 0 Å². The number of fused-ring (bicyclic) bond motifs is 1. The van der Waals surface area contributed by atoms with Crippen molar-refractivity contribution in [2.24, 2.45) is 5.92 Å². The van der Waals surface area contributed by atoms with E-state index in [1.165, 1.54) is 12.5 Å². The molecule has 6 heteroatoms. The number of allylic oxidation sites excluding steroid dienone is 1. The lowest BCUT2D eigenvalue weighted by molar-refractivity contribution is 0.147. The molecule has 1 fully saturated rings. The second-order valence-electron chi connectivity index (χ2n) is 10.0. The number of phenols is 2. The molecule has 0 amide bonds. The molecule has 2 unspecified atom stereocenters. The van der Waals surface area contributed by atoms with E-state index in [2.05, 4.69) is 11.8 Å². The Bertz CT molecular complexity index is 1300. The number of phenolic OH excluding ortho intramolecular Hbond substituents is 2. The van der Waals surface area contributed by atoms with Gasteiger partial charge in [-0.15, -0.1) is 0 Å². The van der Waals surface area contributed by atoms with Crippen LogP contribution in [0.5, 0.6) is 23.0 Å². The van der Waals surface area contributed by atoms with Crippen molar-refractivity contribution in [2.75, 3.05) is 26.2 Å². The van der Waals surface area contributed by atoms with Gasteiger partial charge in [-0.05, 0) is 80.3 Å². The molecule has 2 aliphatic rings. The predicted octanol–water partition coefficient (Wildman–Crippen LogP) is 6.20. The van der Waals surface area contributed by atoms with Gasteiger partial charge in [-0.25, -0.2) is 4.39 Å². The highest BCUT2D eigenvalue weighted by molar-refractivity contribution is 5.97. The third-order valence-corrected chi connectivity index (χ3v) is 7.35. The third kappa shape index (κ3) is 4.53. The van der Waals surface area contributed by atoms with Crippen LogP contribution in [0.2, 0.25) is 0 Å². The number of hydrogen-bond acceptors (Lipinski definition) is 5. The van der Waals surface area contributed by atoms with E-state index in [9.17, 15) is 10.2 Å². The molecule has 36 heavy (non-hydrogen) atoms. The second-order valence-corrected chi connectivity index (χ2v) is 10.0. The quantitative estimate of drug-likeness (QED) is 0.432. The van der Waals surface area contributed by atoms with Crippen molar-refractivity contribution in [1.82, 2.24) is 4.90 Å². The molecule has 1 saturated heterocycles. The molecule has 3 aromatic rings. The van der Waals surface area contributed by atoms with Crippen LogP contribution in [0, 0.1) is 11.7 Å². The molecule has 0 bridgehead atoms. The van der Waals surface area contributed by atoms with Gasteiger partial charge in [-0.1, -0.05) is 19.1 Å². The number of likely N-dealkylation sites (tertiary alicyclic amines) is 1. The summed E-state index contributed by atoms with van der Waals surface area (Å²) < 4.78 is 27.7. The van der Waals surface area contributed by atoms with Gasteiger partial charge in [0.1, 0.15) is 35.4 Å². The molecule has 5 rings (SSSR count). The molecule has 0 saturated carbocycles. The van der Waals surface area contributed by atoms with Crippen LogP contribution in [0.15, 0.2) is 60.7 Å². The van der Waals surface area contributed by atoms with Crippen molar-refractivity contribution >= 4 is 11.1 Å². The van der Waals surface area contributed by atoms with Gasteiger partial charge in [0.05, 0.1) is 0 Å². The molecule has 2 heterocycles. The van der Waals surface area contributed by atoms with E-state index in [0.717, 1.165) is 54.1 Å². The summed E-state index contributed by atoms with van der Waals surface area (Å²) >= 11 is 0. The van der Waals surface area contributed by atoms with Crippen LogP contribution in [-0.2, 0) is 5.60 Å². The average Bonchev–Trinajstić information content (AvgIpc) is 3.25. The zero-order chi connectivity index (χ0) is 25.4. The highest BCUT2D eigenvalue weighted by atomic mass is 19.1. The van der Waals surface area contributed by atoms with E-state index in [0.29, 0.717) is 23.5 Å². The van der Waals surface area contributed by atoms with Crippen molar-refractivity contribution in [3.8, 4) is 23.0 Å². The van der Waals surface area contributed by atoms with E-state index in [1.54, 1.807) is 24.3 Å². The lowest BCUT2D eigenvalue weighted by Gasteiger charge is -2.40. The molecule has 0 radical (unpaired) electrons. The minimum Gasteiger partial charge on any atom is -0.508 e. The average molecular weight is 490 g/mol. The zero-order valence-electron chi connectivity index (χ0n) is 20.9. The monoisotopic (exact) mass is 489 g/mol. The van der Waals surface area contributed by atoms with E-state index >= 15 is 4.39 Å². The van der Waals surface area contributed by atoms with Crippen LogP contribution >= 0.6 is 0 Å². The van der Waals surface area contributed by atoms with Crippen molar-refractivity contribution in [2.45, 2.75) is 32.8 Å². The topological polar surface area (TPSA) is 62.2 Å².